The fraction of sp³-hybridized carbons (Fsp3) is 0.250. The Labute approximate surface area is 118 Å². The Morgan fingerprint density at radius 1 is 1.16 bits per heavy atom. The van der Waals surface area contributed by atoms with Crippen molar-refractivity contribution in [1.82, 2.24) is 0 Å². The number of hydrogen-bond donors (Lipinski definition) is 1. The summed E-state index contributed by atoms with van der Waals surface area (Å²) < 4.78 is 13.2. The van der Waals surface area contributed by atoms with E-state index in [0.29, 0.717) is 11.4 Å². The van der Waals surface area contributed by atoms with Crippen LogP contribution >= 0.6 is 11.6 Å². The first kappa shape index (κ1) is 14.0. The number of benzene rings is 2. The van der Waals surface area contributed by atoms with Crippen LogP contribution in [0, 0.1) is 19.7 Å². The molecule has 1 atom stereocenters. The molecule has 0 aliphatic rings. The Hall–Kier alpha value is -1.38. The topological polar surface area (TPSA) is 26.0 Å². The van der Waals surface area contributed by atoms with Crippen molar-refractivity contribution in [2.24, 2.45) is 5.73 Å². The van der Waals surface area contributed by atoms with Crippen molar-refractivity contribution in [2.75, 3.05) is 0 Å². The van der Waals surface area contributed by atoms with Crippen LogP contribution in [0.1, 0.15) is 28.3 Å². The highest BCUT2D eigenvalue weighted by Crippen LogP contribution is 2.25. The van der Waals surface area contributed by atoms with E-state index in [1.807, 2.05) is 26.0 Å². The van der Waals surface area contributed by atoms with Gasteiger partial charge >= 0.3 is 0 Å². The summed E-state index contributed by atoms with van der Waals surface area (Å²) >= 11 is 6.07. The minimum atomic E-state index is -0.285. The zero-order chi connectivity index (χ0) is 14.0. The molecule has 100 valence electrons. The van der Waals surface area contributed by atoms with E-state index in [9.17, 15) is 4.39 Å². The molecule has 0 aromatic heterocycles. The fourth-order valence-corrected chi connectivity index (χ4v) is 2.48. The predicted octanol–water partition coefficient (Wildman–Crippen LogP) is 4.34. The van der Waals surface area contributed by atoms with Crippen molar-refractivity contribution in [3.8, 4) is 0 Å². The number of halogens is 2. The van der Waals surface area contributed by atoms with Crippen molar-refractivity contribution in [3.63, 3.8) is 0 Å². The fourth-order valence-electron chi connectivity index (χ4n) is 2.29. The molecule has 19 heavy (non-hydrogen) atoms. The minimum Gasteiger partial charge on any atom is -0.324 e. The molecule has 0 saturated heterocycles. The zero-order valence-corrected chi connectivity index (χ0v) is 11.8. The van der Waals surface area contributed by atoms with Crippen LogP contribution in [0.3, 0.4) is 0 Å². The van der Waals surface area contributed by atoms with E-state index in [0.717, 1.165) is 16.7 Å². The SMILES string of the molecule is Cc1ccc(C(N)Cc2cc(F)ccc2Cl)c(C)c1. The molecule has 0 spiro atoms. The Morgan fingerprint density at radius 3 is 2.58 bits per heavy atom. The van der Waals surface area contributed by atoms with Crippen LogP contribution < -0.4 is 5.73 Å². The summed E-state index contributed by atoms with van der Waals surface area (Å²) in [6, 6.07) is 10.4. The molecule has 2 aromatic rings. The molecule has 0 fully saturated rings. The normalized spacial score (nSPS) is 12.5. The maximum absolute atomic E-state index is 13.2. The quantitative estimate of drug-likeness (QED) is 0.887. The van der Waals surface area contributed by atoms with Crippen LogP contribution in [-0.2, 0) is 6.42 Å². The lowest BCUT2D eigenvalue weighted by Gasteiger charge is -2.16. The first-order valence-corrected chi connectivity index (χ1v) is 6.62. The zero-order valence-electron chi connectivity index (χ0n) is 11.1. The van der Waals surface area contributed by atoms with E-state index in [1.165, 1.54) is 17.7 Å². The second-order valence-electron chi connectivity index (χ2n) is 4.91. The van der Waals surface area contributed by atoms with Crippen molar-refractivity contribution >= 4 is 11.6 Å². The average Bonchev–Trinajstić information content (AvgIpc) is 2.33. The van der Waals surface area contributed by atoms with Crippen LogP contribution in [-0.4, -0.2) is 0 Å². The van der Waals surface area contributed by atoms with Crippen LogP contribution in [0.2, 0.25) is 5.02 Å². The van der Waals surface area contributed by atoms with Crippen LogP contribution in [0.4, 0.5) is 4.39 Å². The lowest BCUT2D eigenvalue weighted by atomic mass is 9.95. The number of nitrogens with two attached hydrogens (primary N) is 1. The van der Waals surface area contributed by atoms with Gasteiger partial charge in [0.25, 0.3) is 0 Å². The molecule has 3 heteroatoms. The van der Waals surface area contributed by atoms with E-state index < -0.39 is 0 Å². The largest absolute Gasteiger partial charge is 0.324 e. The Morgan fingerprint density at radius 2 is 1.89 bits per heavy atom. The molecule has 0 aliphatic carbocycles. The van der Waals surface area contributed by atoms with Gasteiger partial charge in [-0.2, -0.15) is 0 Å². The number of hydrogen-bond acceptors (Lipinski definition) is 1. The maximum Gasteiger partial charge on any atom is 0.123 e. The van der Waals surface area contributed by atoms with Gasteiger partial charge in [0, 0.05) is 11.1 Å². The second kappa shape index (κ2) is 5.72. The average molecular weight is 278 g/mol. The van der Waals surface area contributed by atoms with Gasteiger partial charge in [-0.05, 0) is 55.2 Å². The van der Waals surface area contributed by atoms with Gasteiger partial charge in [0.1, 0.15) is 5.82 Å². The van der Waals surface area contributed by atoms with E-state index in [1.54, 1.807) is 6.07 Å². The Balaban J connectivity index is 2.25. The summed E-state index contributed by atoms with van der Waals surface area (Å²) in [6.45, 7) is 4.08. The van der Waals surface area contributed by atoms with E-state index in [-0.39, 0.29) is 11.9 Å². The van der Waals surface area contributed by atoms with Crippen molar-refractivity contribution < 1.29 is 4.39 Å². The molecule has 1 unspecified atom stereocenters. The lowest BCUT2D eigenvalue weighted by Crippen LogP contribution is -2.15. The third-order valence-electron chi connectivity index (χ3n) is 3.27. The van der Waals surface area contributed by atoms with Gasteiger partial charge in [-0.3, -0.25) is 0 Å². The molecule has 0 heterocycles. The monoisotopic (exact) mass is 277 g/mol. The lowest BCUT2D eigenvalue weighted by molar-refractivity contribution is 0.622. The summed E-state index contributed by atoms with van der Waals surface area (Å²) in [4.78, 5) is 0. The summed E-state index contributed by atoms with van der Waals surface area (Å²) in [5.74, 6) is -0.285. The van der Waals surface area contributed by atoms with Crippen LogP contribution in [0.5, 0.6) is 0 Å². The third-order valence-corrected chi connectivity index (χ3v) is 3.64. The van der Waals surface area contributed by atoms with Crippen molar-refractivity contribution in [3.05, 3.63) is 69.5 Å². The number of aryl methyl sites for hydroxylation is 2. The summed E-state index contributed by atoms with van der Waals surface area (Å²) in [7, 11) is 0. The van der Waals surface area contributed by atoms with Gasteiger partial charge in [-0.25, -0.2) is 4.39 Å². The van der Waals surface area contributed by atoms with E-state index in [4.69, 9.17) is 17.3 Å². The van der Waals surface area contributed by atoms with Gasteiger partial charge in [-0.1, -0.05) is 35.4 Å². The van der Waals surface area contributed by atoms with Crippen molar-refractivity contribution in [1.29, 1.82) is 0 Å². The standard InChI is InChI=1S/C16H17ClFN/c1-10-3-5-14(11(2)7-10)16(19)9-12-8-13(18)4-6-15(12)17/h3-8,16H,9,19H2,1-2H3. The first-order valence-electron chi connectivity index (χ1n) is 6.24. The maximum atomic E-state index is 13.2. The molecule has 2 aromatic carbocycles. The number of rotatable bonds is 3. The second-order valence-corrected chi connectivity index (χ2v) is 5.31. The Kier molecular flexibility index (Phi) is 4.23. The summed E-state index contributed by atoms with van der Waals surface area (Å²) in [6.07, 6.45) is 0.528. The van der Waals surface area contributed by atoms with Crippen LogP contribution in [0.15, 0.2) is 36.4 Å². The molecule has 2 rings (SSSR count). The summed E-state index contributed by atoms with van der Waals surface area (Å²) in [5.41, 5.74) is 10.4. The molecule has 0 radical (unpaired) electrons. The van der Waals surface area contributed by atoms with Gasteiger partial charge in [0.2, 0.25) is 0 Å². The van der Waals surface area contributed by atoms with Gasteiger partial charge < -0.3 is 5.73 Å². The van der Waals surface area contributed by atoms with Crippen molar-refractivity contribution in [2.45, 2.75) is 26.3 Å². The molecule has 2 N–H and O–H groups in total. The van der Waals surface area contributed by atoms with Crippen LogP contribution in [0.25, 0.3) is 0 Å². The third kappa shape index (κ3) is 3.34. The van der Waals surface area contributed by atoms with E-state index in [2.05, 4.69) is 6.07 Å². The minimum absolute atomic E-state index is 0.181. The molecular weight excluding hydrogens is 261 g/mol. The Bertz CT molecular complexity index is 595. The van der Waals surface area contributed by atoms with Gasteiger partial charge in [0.05, 0.1) is 0 Å². The molecule has 0 saturated carbocycles. The highest BCUT2D eigenvalue weighted by Gasteiger charge is 2.12. The highest BCUT2D eigenvalue weighted by molar-refractivity contribution is 6.31. The molecule has 0 amide bonds. The first-order chi connectivity index (χ1) is 8.97. The highest BCUT2D eigenvalue weighted by atomic mass is 35.5. The summed E-state index contributed by atoms with van der Waals surface area (Å²) in [5, 5.41) is 0.557. The predicted molar refractivity (Wildman–Crippen MR) is 78.0 cm³/mol. The smallest absolute Gasteiger partial charge is 0.123 e. The molecule has 0 aliphatic heterocycles. The molecular formula is C16H17ClFN. The van der Waals surface area contributed by atoms with Gasteiger partial charge in [-0.15, -0.1) is 0 Å². The molecule has 0 bridgehead atoms. The van der Waals surface area contributed by atoms with E-state index >= 15 is 0 Å². The van der Waals surface area contributed by atoms with Gasteiger partial charge in [0.15, 0.2) is 0 Å². The molecule has 1 nitrogen and oxygen atoms in total.